The monoisotopic (exact) mass is 457 g/mol. The standard InChI is InChI=1S/C21H27N7O3S/c1-32(30,31)25-15-3-2-8-28(14-15)21(29)27-11-9-26(10-12-27)18-5-7-22-17-13-24-20-16(19(17)18)4-6-23-20/h4-7,13,15,22,25H,2-3,8-12,14H2,1H3. The van der Waals surface area contributed by atoms with Crippen LogP contribution in [0.5, 0.6) is 0 Å². The lowest BCUT2D eigenvalue weighted by molar-refractivity contribution is 0.134. The van der Waals surface area contributed by atoms with Crippen molar-refractivity contribution in [1.29, 1.82) is 0 Å². The van der Waals surface area contributed by atoms with E-state index in [4.69, 9.17) is 0 Å². The fourth-order valence-electron chi connectivity index (χ4n) is 4.79. The van der Waals surface area contributed by atoms with Gasteiger partial charge in [-0.05, 0) is 25.0 Å². The van der Waals surface area contributed by atoms with Crippen LogP contribution in [0.15, 0.2) is 30.7 Å². The Morgan fingerprint density at radius 1 is 1.12 bits per heavy atom. The van der Waals surface area contributed by atoms with E-state index in [1.807, 2.05) is 23.4 Å². The maximum Gasteiger partial charge on any atom is 0.320 e. The Bertz CT molecular complexity index is 1250. The van der Waals surface area contributed by atoms with Gasteiger partial charge in [-0.15, -0.1) is 0 Å². The third-order valence-corrected chi connectivity index (χ3v) is 6.99. The Hall–Kier alpha value is -2.92. The molecule has 3 aromatic rings. The lowest BCUT2D eigenvalue weighted by atomic mass is 10.1. The molecular weight excluding hydrogens is 430 g/mol. The first-order valence-corrected chi connectivity index (χ1v) is 12.7. The number of anilines is 1. The summed E-state index contributed by atoms with van der Waals surface area (Å²) in [6.45, 7) is 3.76. The second kappa shape index (κ2) is 8.21. The number of hydrogen-bond donors (Lipinski definition) is 2. The number of aromatic amines is 1. The molecule has 10 nitrogen and oxygen atoms in total. The third-order valence-electron chi connectivity index (χ3n) is 6.23. The molecule has 2 N–H and O–H groups in total. The van der Waals surface area contributed by atoms with Crippen molar-refractivity contribution in [3.8, 4) is 0 Å². The summed E-state index contributed by atoms with van der Waals surface area (Å²) in [6, 6.07) is 3.82. The summed E-state index contributed by atoms with van der Waals surface area (Å²) < 4.78 is 25.8. The number of aromatic nitrogens is 3. The molecule has 170 valence electrons. The zero-order valence-electron chi connectivity index (χ0n) is 18.0. The van der Waals surface area contributed by atoms with Crippen LogP contribution in [0.3, 0.4) is 0 Å². The summed E-state index contributed by atoms with van der Waals surface area (Å²) in [4.78, 5) is 31.0. The summed E-state index contributed by atoms with van der Waals surface area (Å²) >= 11 is 0. The van der Waals surface area contributed by atoms with Gasteiger partial charge in [0.2, 0.25) is 10.0 Å². The number of carbonyl (C=O) groups excluding carboxylic acids is 1. The molecule has 5 heterocycles. The van der Waals surface area contributed by atoms with Crippen LogP contribution in [0, 0.1) is 0 Å². The molecule has 2 saturated heterocycles. The summed E-state index contributed by atoms with van der Waals surface area (Å²) in [6.07, 6.45) is 8.21. The number of nitrogens with zero attached hydrogens (tertiary/aromatic N) is 5. The molecule has 2 aliphatic rings. The van der Waals surface area contributed by atoms with Crippen LogP contribution >= 0.6 is 0 Å². The van der Waals surface area contributed by atoms with Crippen molar-refractivity contribution >= 4 is 43.7 Å². The van der Waals surface area contributed by atoms with Crippen molar-refractivity contribution in [2.24, 2.45) is 0 Å². The number of rotatable bonds is 3. The predicted octanol–water partition coefficient (Wildman–Crippen LogP) is 1.37. The molecule has 32 heavy (non-hydrogen) atoms. The molecule has 2 amide bonds. The number of amides is 2. The maximum atomic E-state index is 13.1. The number of H-pyrrole nitrogens is 1. The molecule has 3 aromatic heterocycles. The zero-order chi connectivity index (χ0) is 22.3. The minimum Gasteiger partial charge on any atom is -0.367 e. The van der Waals surface area contributed by atoms with Gasteiger partial charge in [0.05, 0.1) is 18.0 Å². The Labute approximate surface area is 186 Å². The van der Waals surface area contributed by atoms with Crippen molar-refractivity contribution in [1.82, 2.24) is 29.5 Å². The van der Waals surface area contributed by atoms with Crippen LogP contribution in [-0.2, 0) is 10.0 Å². The second-order valence-electron chi connectivity index (χ2n) is 8.52. The zero-order valence-corrected chi connectivity index (χ0v) is 18.8. The van der Waals surface area contributed by atoms with E-state index in [9.17, 15) is 13.2 Å². The fourth-order valence-corrected chi connectivity index (χ4v) is 5.59. The first-order valence-electron chi connectivity index (χ1n) is 10.9. The molecule has 0 spiro atoms. The predicted molar refractivity (Wildman–Crippen MR) is 123 cm³/mol. The highest BCUT2D eigenvalue weighted by Crippen LogP contribution is 2.31. The highest BCUT2D eigenvalue weighted by Gasteiger charge is 2.30. The SMILES string of the molecule is CS(=O)(=O)NC1CCCN(C(=O)N2CCN(c3cc[nH]c4cnc5nccc5c34)CC2)C1. The number of piperazine rings is 1. The second-order valence-corrected chi connectivity index (χ2v) is 10.3. The van der Waals surface area contributed by atoms with Gasteiger partial charge in [-0.3, -0.25) is 0 Å². The Morgan fingerprint density at radius 2 is 1.94 bits per heavy atom. The van der Waals surface area contributed by atoms with Crippen molar-refractivity contribution in [3.63, 3.8) is 0 Å². The van der Waals surface area contributed by atoms with E-state index in [0.29, 0.717) is 26.2 Å². The molecule has 0 saturated carbocycles. The van der Waals surface area contributed by atoms with E-state index in [2.05, 4.69) is 30.6 Å². The van der Waals surface area contributed by atoms with Gasteiger partial charge in [0.25, 0.3) is 0 Å². The topological polar surface area (TPSA) is 115 Å². The van der Waals surface area contributed by atoms with E-state index in [1.54, 1.807) is 11.1 Å². The van der Waals surface area contributed by atoms with Gasteiger partial charge in [0.15, 0.2) is 5.65 Å². The lowest BCUT2D eigenvalue weighted by Gasteiger charge is -2.41. The number of urea groups is 1. The van der Waals surface area contributed by atoms with E-state index >= 15 is 0 Å². The molecule has 0 bridgehead atoms. The number of carbonyl (C=O) groups is 1. The largest absolute Gasteiger partial charge is 0.367 e. The molecule has 2 fully saturated rings. The van der Waals surface area contributed by atoms with Crippen LogP contribution < -0.4 is 9.62 Å². The van der Waals surface area contributed by atoms with E-state index in [0.717, 1.165) is 59.8 Å². The van der Waals surface area contributed by atoms with E-state index in [1.165, 1.54) is 0 Å². The van der Waals surface area contributed by atoms with Gasteiger partial charge in [-0.2, -0.15) is 0 Å². The van der Waals surface area contributed by atoms with Crippen molar-refractivity contribution in [2.75, 3.05) is 50.4 Å². The summed E-state index contributed by atoms with van der Waals surface area (Å²) in [5.41, 5.74) is 2.80. The molecule has 1 unspecified atom stereocenters. The molecule has 11 heteroatoms. The first-order chi connectivity index (χ1) is 15.4. The lowest BCUT2D eigenvalue weighted by Crippen LogP contribution is -2.56. The molecule has 0 radical (unpaired) electrons. The molecular formula is C21H27N7O3S. The highest BCUT2D eigenvalue weighted by molar-refractivity contribution is 7.88. The first kappa shape index (κ1) is 21.0. The van der Waals surface area contributed by atoms with E-state index in [-0.39, 0.29) is 12.1 Å². The fraction of sp³-hybridized carbons (Fsp3) is 0.476. The quantitative estimate of drug-likeness (QED) is 0.614. The van der Waals surface area contributed by atoms with E-state index < -0.39 is 10.0 Å². The minimum absolute atomic E-state index is 0.0114. The highest BCUT2D eigenvalue weighted by atomic mass is 32.2. The number of likely N-dealkylation sites (tertiary alicyclic amines) is 1. The Balaban J connectivity index is 1.28. The van der Waals surface area contributed by atoms with Gasteiger partial charge in [0, 0.05) is 74.2 Å². The average Bonchev–Trinajstić information content (AvgIpc) is 3.26. The normalized spacial score (nSPS) is 20.3. The Morgan fingerprint density at radius 3 is 2.72 bits per heavy atom. The minimum atomic E-state index is -3.28. The maximum absolute atomic E-state index is 13.1. The Kier molecular flexibility index (Phi) is 5.38. The number of fused-ring (bicyclic) bond motifs is 3. The van der Waals surface area contributed by atoms with Crippen LogP contribution in [0.25, 0.3) is 21.9 Å². The van der Waals surface area contributed by atoms with Crippen molar-refractivity contribution in [3.05, 3.63) is 30.7 Å². The molecule has 0 aromatic carbocycles. The van der Waals surface area contributed by atoms with Crippen LogP contribution in [0.1, 0.15) is 12.8 Å². The van der Waals surface area contributed by atoms with Crippen molar-refractivity contribution in [2.45, 2.75) is 18.9 Å². The summed E-state index contributed by atoms with van der Waals surface area (Å²) in [5, 5.41) is 2.12. The third kappa shape index (κ3) is 4.09. The van der Waals surface area contributed by atoms with Crippen molar-refractivity contribution < 1.29 is 13.2 Å². The summed E-state index contributed by atoms with van der Waals surface area (Å²) in [5.74, 6) is 0. The number of hydrogen-bond acceptors (Lipinski definition) is 6. The van der Waals surface area contributed by atoms with Gasteiger partial charge in [-0.25, -0.2) is 27.9 Å². The van der Waals surface area contributed by atoms with Gasteiger partial charge in [0.1, 0.15) is 0 Å². The molecule has 1 atom stereocenters. The molecule has 0 aliphatic carbocycles. The molecule has 5 rings (SSSR count). The number of nitrogens with one attached hydrogen (secondary N) is 2. The smallest absolute Gasteiger partial charge is 0.320 e. The van der Waals surface area contributed by atoms with Gasteiger partial charge < -0.3 is 19.7 Å². The van der Waals surface area contributed by atoms with Crippen LogP contribution in [0.2, 0.25) is 0 Å². The van der Waals surface area contributed by atoms with Crippen LogP contribution in [0.4, 0.5) is 10.5 Å². The number of pyridine rings is 2. The van der Waals surface area contributed by atoms with Gasteiger partial charge in [-0.1, -0.05) is 0 Å². The number of piperidine rings is 1. The average molecular weight is 458 g/mol. The molecule has 2 aliphatic heterocycles. The number of sulfonamides is 1. The van der Waals surface area contributed by atoms with Crippen LogP contribution in [-0.4, -0.2) is 90.8 Å². The van der Waals surface area contributed by atoms with Gasteiger partial charge >= 0.3 is 6.03 Å². The summed E-state index contributed by atoms with van der Waals surface area (Å²) in [7, 11) is -3.28.